The van der Waals surface area contributed by atoms with Gasteiger partial charge in [0.15, 0.2) is 0 Å². The van der Waals surface area contributed by atoms with E-state index in [9.17, 15) is 8.42 Å². The summed E-state index contributed by atoms with van der Waals surface area (Å²) in [5.74, 6) is 0.156. The van der Waals surface area contributed by atoms with Crippen molar-refractivity contribution in [1.82, 2.24) is 4.72 Å². The molecule has 0 amide bonds. The van der Waals surface area contributed by atoms with Crippen LogP contribution >= 0.6 is 11.3 Å². The van der Waals surface area contributed by atoms with E-state index in [0.717, 1.165) is 0 Å². The second-order valence-corrected chi connectivity index (χ2v) is 7.08. The summed E-state index contributed by atoms with van der Waals surface area (Å²) in [7, 11) is -3.46. The van der Waals surface area contributed by atoms with Gasteiger partial charge in [-0.15, -0.1) is 11.3 Å². The van der Waals surface area contributed by atoms with Gasteiger partial charge in [-0.2, -0.15) is 0 Å². The van der Waals surface area contributed by atoms with Crippen LogP contribution in [0, 0.1) is 0 Å². The maximum atomic E-state index is 12.1. The Morgan fingerprint density at radius 1 is 1.26 bits per heavy atom. The van der Waals surface area contributed by atoms with Gasteiger partial charge in [0.1, 0.15) is 0 Å². The maximum Gasteiger partial charge on any atom is 0.240 e. The molecule has 0 radical (unpaired) electrons. The number of rotatable bonds is 5. The summed E-state index contributed by atoms with van der Waals surface area (Å²) in [6.45, 7) is 2.38. The van der Waals surface area contributed by atoms with Crippen molar-refractivity contribution < 1.29 is 8.42 Å². The average Bonchev–Trinajstić information content (AvgIpc) is 2.90. The highest BCUT2D eigenvalue weighted by molar-refractivity contribution is 7.89. The third-order valence-corrected chi connectivity index (χ3v) is 5.34. The van der Waals surface area contributed by atoms with Crippen LogP contribution in [0.15, 0.2) is 46.7 Å². The van der Waals surface area contributed by atoms with E-state index in [4.69, 9.17) is 5.73 Å². The molecule has 0 aliphatic rings. The number of hydrogen-bond acceptors (Lipinski definition) is 4. The quantitative estimate of drug-likeness (QED) is 0.832. The molecule has 2 aromatic rings. The van der Waals surface area contributed by atoms with Crippen LogP contribution in [0.4, 0.5) is 5.69 Å². The molecular formula is C13H16N2O2S2. The van der Waals surface area contributed by atoms with E-state index in [1.165, 1.54) is 17.0 Å². The monoisotopic (exact) mass is 296 g/mol. The van der Waals surface area contributed by atoms with E-state index < -0.39 is 10.0 Å². The first-order valence-electron chi connectivity index (χ1n) is 5.87. The van der Waals surface area contributed by atoms with E-state index in [-0.39, 0.29) is 10.8 Å². The van der Waals surface area contributed by atoms with Crippen molar-refractivity contribution in [2.24, 2.45) is 0 Å². The molecule has 1 aromatic carbocycles. The number of nitrogen functional groups attached to an aromatic ring is 1. The third-order valence-electron chi connectivity index (χ3n) is 2.80. The third kappa shape index (κ3) is 3.56. The first-order chi connectivity index (χ1) is 8.99. The molecule has 0 saturated heterocycles. The van der Waals surface area contributed by atoms with E-state index >= 15 is 0 Å². The van der Waals surface area contributed by atoms with Crippen molar-refractivity contribution in [1.29, 1.82) is 0 Å². The lowest BCUT2D eigenvalue weighted by Crippen LogP contribution is -2.27. The highest BCUT2D eigenvalue weighted by Gasteiger charge is 2.15. The average molecular weight is 296 g/mol. The number of nitrogens with two attached hydrogens (primary N) is 1. The number of hydrogen-bond donors (Lipinski definition) is 2. The number of anilines is 1. The molecule has 2 rings (SSSR count). The molecule has 1 aromatic heterocycles. The van der Waals surface area contributed by atoms with Crippen molar-refractivity contribution >= 4 is 27.0 Å². The summed E-state index contributed by atoms with van der Waals surface area (Å²) in [5.41, 5.74) is 6.09. The molecule has 1 atom stereocenters. The molecule has 3 N–H and O–H groups in total. The molecule has 0 aliphatic carbocycles. The standard InChI is InChI=1S/C13H16N2O2S2/c1-10(13-3-2-8-18-13)9-15-19(16,17)12-6-4-11(14)5-7-12/h2-8,10,15H,9,14H2,1H3/t10-/m1/s1. The zero-order valence-electron chi connectivity index (χ0n) is 10.5. The smallest absolute Gasteiger partial charge is 0.240 e. The predicted octanol–water partition coefficient (Wildman–Crippen LogP) is 2.41. The van der Waals surface area contributed by atoms with Crippen LogP contribution in [-0.2, 0) is 10.0 Å². The summed E-state index contributed by atoms with van der Waals surface area (Å²) in [4.78, 5) is 1.40. The van der Waals surface area contributed by atoms with Gasteiger partial charge in [0.2, 0.25) is 10.0 Å². The van der Waals surface area contributed by atoms with E-state index in [1.807, 2.05) is 24.4 Å². The normalized spacial score (nSPS) is 13.3. The fourth-order valence-electron chi connectivity index (χ4n) is 1.64. The lowest BCUT2D eigenvalue weighted by Gasteiger charge is -2.11. The van der Waals surface area contributed by atoms with Gasteiger partial charge in [-0.25, -0.2) is 13.1 Å². The molecule has 6 heteroatoms. The number of benzene rings is 1. The second kappa shape index (κ2) is 5.73. The van der Waals surface area contributed by atoms with Crippen molar-refractivity contribution in [3.63, 3.8) is 0 Å². The minimum atomic E-state index is -3.46. The van der Waals surface area contributed by atoms with E-state index in [0.29, 0.717) is 12.2 Å². The predicted molar refractivity (Wildman–Crippen MR) is 78.8 cm³/mol. The number of sulfonamides is 1. The number of nitrogens with one attached hydrogen (secondary N) is 1. The summed E-state index contributed by atoms with van der Waals surface area (Å²) in [5, 5.41) is 1.99. The minimum absolute atomic E-state index is 0.156. The van der Waals surface area contributed by atoms with Gasteiger partial charge < -0.3 is 5.73 Å². The van der Waals surface area contributed by atoms with Crippen LogP contribution in [0.25, 0.3) is 0 Å². The lowest BCUT2D eigenvalue weighted by molar-refractivity contribution is 0.575. The zero-order valence-corrected chi connectivity index (χ0v) is 12.2. The summed E-state index contributed by atoms with van der Waals surface area (Å²) in [6, 6.07) is 10.1. The van der Waals surface area contributed by atoms with Crippen LogP contribution in [0.2, 0.25) is 0 Å². The zero-order chi connectivity index (χ0) is 13.9. The first kappa shape index (κ1) is 14.0. The van der Waals surface area contributed by atoms with Gasteiger partial charge in [0.05, 0.1) is 4.90 Å². The number of thiophene rings is 1. The fourth-order valence-corrected chi connectivity index (χ4v) is 3.55. The highest BCUT2D eigenvalue weighted by Crippen LogP contribution is 2.20. The van der Waals surface area contributed by atoms with Gasteiger partial charge in [0, 0.05) is 23.0 Å². The van der Waals surface area contributed by atoms with Crippen molar-refractivity contribution in [3.05, 3.63) is 46.7 Å². The van der Waals surface area contributed by atoms with E-state index in [2.05, 4.69) is 4.72 Å². The fraction of sp³-hybridized carbons (Fsp3) is 0.231. The summed E-state index contributed by atoms with van der Waals surface area (Å²) >= 11 is 1.63. The van der Waals surface area contributed by atoms with Gasteiger partial charge in [-0.3, -0.25) is 0 Å². The topological polar surface area (TPSA) is 72.2 Å². The Morgan fingerprint density at radius 2 is 1.95 bits per heavy atom. The molecule has 1 heterocycles. The highest BCUT2D eigenvalue weighted by atomic mass is 32.2. The summed E-state index contributed by atoms with van der Waals surface area (Å²) < 4.78 is 26.8. The molecule has 0 aliphatic heterocycles. The first-order valence-corrected chi connectivity index (χ1v) is 8.24. The van der Waals surface area contributed by atoms with Gasteiger partial charge in [0.25, 0.3) is 0 Å². The Labute approximate surface area is 117 Å². The molecule has 4 nitrogen and oxygen atoms in total. The van der Waals surface area contributed by atoms with Crippen LogP contribution in [0.5, 0.6) is 0 Å². The molecule has 0 saturated carbocycles. The Hall–Kier alpha value is -1.37. The van der Waals surface area contributed by atoms with Gasteiger partial charge in [-0.05, 0) is 35.7 Å². The van der Waals surface area contributed by atoms with E-state index in [1.54, 1.807) is 23.5 Å². The lowest BCUT2D eigenvalue weighted by atomic mass is 10.1. The SMILES string of the molecule is C[C@H](CNS(=O)(=O)c1ccc(N)cc1)c1cccs1. The Kier molecular flexibility index (Phi) is 4.24. The molecule has 102 valence electrons. The minimum Gasteiger partial charge on any atom is -0.399 e. The Morgan fingerprint density at radius 3 is 2.53 bits per heavy atom. The van der Waals surface area contributed by atoms with Gasteiger partial charge in [-0.1, -0.05) is 13.0 Å². The Balaban J connectivity index is 2.04. The second-order valence-electron chi connectivity index (χ2n) is 4.34. The van der Waals surface area contributed by atoms with Crippen molar-refractivity contribution in [2.75, 3.05) is 12.3 Å². The molecule has 19 heavy (non-hydrogen) atoms. The Bertz CT molecular complexity index is 619. The van der Waals surface area contributed by atoms with Crippen LogP contribution in [0.1, 0.15) is 17.7 Å². The van der Waals surface area contributed by atoms with Gasteiger partial charge >= 0.3 is 0 Å². The van der Waals surface area contributed by atoms with Crippen molar-refractivity contribution in [2.45, 2.75) is 17.7 Å². The summed E-state index contributed by atoms with van der Waals surface area (Å²) in [6.07, 6.45) is 0. The van der Waals surface area contributed by atoms with Crippen molar-refractivity contribution in [3.8, 4) is 0 Å². The molecule has 0 fully saturated rings. The largest absolute Gasteiger partial charge is 0.399 e. The molecular weight excluding hydrogens is 280 g/mol. The van der Waals surface area contributed by atoms with Crippen LogP contribution in [-0.4, -0.2) is 15.0 Å². The van der Waals surface area contributed by atoms with Crippen LogP contribution < -0.4 is 10.5 Å². The molecule has 0 spiro atoms. The van der Waals surface area contributed by atoms with Crippen LogP contribution in [0.3, 0.4) is 0 Å². The molecule has 0 bridgehead atoms. The molecule has 0 unspecified atom stereocenters. The maximum absolute atomic E-state index is 12.1.